The molecule has 1 heteroatoms. The second-order valence-corrected chi connectivity index (χ2v) is 8.95. The zero-order valence-electron chi connectivity index (χ0n) is 18.1. The van der Waals surface area contributed by atoms with E-state index in [9.17, 15) is 0 Å². The van der Waals surface area contributed by atoms with E-state index in [4.69, 9.17) is 4.74 Å². The van der Waals surface area contributed by atoms with E-state index in [2.05, 4.69) is 12.2 Å². The van der Waals surface area contributed by atoms with Crippen LogP contribution in [0.25, 0.3) is 0 Å². The van der Waals surface area contributed by atoms with Crippen LogP contribution in [-0.4, -0.2) is 13.2 Å². The molecule has 0 saturated heterocycles. The van der Waals surface area contributed by atoms with Gasteiger partial charge in [-0.1, -0.05) is 89.2 Å². The lowest BCUT2D eigenvalue weighted by Crippen LogP contribution is -2.04. The van der Waals surface area contributed by atoms with Crippen molar-refractivity contribution in [2.45, 2.75) is 128 Å². The maximum Gasteiger partial charge on any atom is 0.0681 e. The molecule has 1 nitrogen and oxygen atoms in total. The van der Waals surface area contributed by atoms with Crippen LogP contribution < -0.4 is 0 Å². The van der Waals surface area contributed by atoms with Gasteiger partial charge in [0.15, 0.2) is 0 Å². The van der Waals surface area contributed by atoms with Gasteiger partial charge in [0.05, 0.1) is 13.2 Å². The molecule has 0 amide bonds. The molecule has 0 radical (unpaired) electrons. The summed E-state index contributed by atoms with van der Waals surface area (Å²) < 4.78 is 6.22. The zero-order valence-corrected chi connectivity index (χ0v) is 18.1. The molecule has 2 aliphatic rings. The molecule has 0 N–H and O–H groups in total. The monoisotopic (exact) mass is 374 g/mol. The van der Waals surface area contributed by atoms with E-state index in [1.54, 1.807) is 11.1 Å². The fourth-order valence-corrected chi connectivity index (χ4v) is 4.51. The lowest BCUT2D eigenvalue weighted by molar-refractivity contribution is 0.174. The van der Waals surface area contributed by atoms with Crippen molar-refractivity contribution in [1.82, 2.24) is 0 Å². The summed E-state index contributed by atoms with van der Waals surface area (Å²) in [4.78, 5) is 0. The van der Waals surface area contributed by atoms with Gasteiger partial charge in [-0.2, -0.15) is 0 Å². The lowest BCUT2D eigenvalue weighted by atomic mass is 10.0. The van der Waals surface area contributed by atoms with Crippen LogP contribution in [-0.2, 0) is 4.74 Å². The highest BCUT2D eigenvalue weighted by atomic mass is 16.5. The van der Waals surface area contributed by atoms with E-state index in [0.717, 1.165) is 13.2 Å². The van der Waals surface area contributed by atoms with Crippen molar-refractivity contribution in [2.75, 3.05) is 13.2 Å². The number of rotatable bonds is 4. The number of allylic oxidation sites excluding steroid dienone is 2. The minimum atomic E-state index is 0.872. The smallest absolute Gasteiger partial charge is 0.0681 e. The number of ether oxygens (including phenoxy) is 1. The Morgan fingerprint density at radius 1 is 0.444 bits per heavy atom. The molecular weight excluding hydrogens is 328 g/mol. The first-order valence-corrected chi connectivity index (χ1v) is 12.4. The first-order chi connectivity index (χ1) is 13.4. The Balaban J connectivity index is 1.73. The van der Waals surface area contributed by atoms with E-state index >= 15 is 0 Å². The lowest BCUT2D eigenvalue weighted by Gasteiger charge is -2.13. The van der Waals surface area contributed by atoms with E-state index < -0.39 is 0 Å². The van der Waals surface area contributed by atoms with E-state index in [-0.39, 0.29) is 0 Å². The fraction of sp³-hybridized carbons (Fsp3) is 0.846. The van der Waals surface area contributed by atoms with Crippen molar-refractivity contribution in [3.63, 3.8) is 0 Å². The van der Waals surface area contributed by atoms with Crippen molar-refractivity contribution < 1.29 is 4.74 Å². The summed E-state index contributed by atoms with van der Waals surface area (Å²) in [5, 5.41) is 0. The van der Waals surface area contributed by atoms with Crippen molar-refractivity contribution in [2.24, 2.45) is 0 Å². The van der Waals surface area contributed by atoms with Crippen LogP contribution in [0.4, 0.5) is 0 Å². The van der Waals surface area contributed by atoms with E-state index in [1.807, 2.05) is 0 Å². The third-order valence-corrected chi connectivity index (χ3v) is 6.34. The second-order valence-electron chi connectivity index (χ2n) is 8.95. The highest BCUT2D eigenvalue weighted by molar-refractivity contribution is 5.05. The van der Waals surface area contributed by atoms with Crippen LogP contribution in [0.1, 0.15) is 128 Å². The molecule has 27 heavy (non-hydrogen) atoms. The molecule has 0 aromatic heterocycles. The molecule has 2 rings (SSSR count). The Labute approximate surface area is 170 Å². The van der Waals surface area contributed by atoms with Crippen LogP contribution in [0.3, 0.4) is 0 Å². The van der Waals surface area contributed by atoms with Crippen molar-refractivity contribution in [1.29, 1.82) is 0 Å². The van der Waals surface area contributed by atoms with Gasteiger partial charge in [-0.3, -0.25) is 0 Å². The quantitative estimate of drug-likeness (QED) is 0.447. The largest absolute Gasteiger partial charge is 0.373 e. The molecule has 156 valence electrons. The Morgan fingerprint density at radius 2 is 0.778 bits per heavy atom. The third-order valence-electron chi connectivity index (χ3n) is 6.34. The minimum Gasteiger partial charge on any atom is -0.373 e. The molecule has 0 saturated carbocycles. The van der Waals surface area contributed by atoms with Gasteiger partial charge in [0.25, 0.3) is 0 Å². The summed E-state index contributed by atoms with van der Waals surface area (Å²) in [6, 6.07) is 0. The molecular formula is C26H46O. The van der Waals surface area contributed by atoms with Gasteiger partial charge in [0, 0.05) is 0 Å². The SMILES string of the molecule is C1=C(COCC2=CCCCCCCCCCC2)CCCCCCCCCC1. The zero-order chi connectivity index (χ0) is 18.8. The first kappa shape index (κ1) is 22.7. The van der Waals surface area contributed by atoms with E-state index in [1.165, 1.54) is 128 Å². The highest BCUT2D eigenvalue weighted by Gasteiger charge is 2.04. The Morgan fingerprint density at radius 3 is 1.19 bits per heavy atom. The topological polar surface area (TPSA) is 9.23 Å². The van der Waals surface area contributed by atoms with Crippen molar-refractivity contribution in [3.8, 4) is 0 Å². The van der Waals surface area contributed by atoms with Crippen LogP contribution >= 0.6 is 0 Å². The highest BCUT2D eigenvalue weighted by Crippen LogP contribution is 2.19. The van der Waals surface area contributed by atoms with Crippen LogP contribution in [0.15, 0.2) is 23.3 Å². The van der Waals surface area contributed by atoms with Gasteiger partial charge >= 0.3 is 0 Å². The van der Waals surface area contributed by atoms with E-state index in [0.29, 0.717) is 0 Å². The predicted octanol–water partition coefficient (Wildman–Crippen LogP) is 8.69. The summed E-state index contributed by atoms with van der Waals surface area (Å²) in [5.41, 5.74) is 3.15. The van der Waals surface area contributed by atoms with Gasteiger partial charge in [0.2, 0.25) is 0 Å². The number of hydrogen-bond acceptors (Lipinski definition) is 1. The summed E-state index contributed by atoms with van der Waals surface area (Å²) in [5.74, 6) is 0. The average molecular weight is 375 g/mol. The molecule has 0 aromatic carbocycles. The Kier molecular flexibility index (Phi) is 13.8. The number of hydrogen-bond donors (Lipinski definition) is 0. The maximum absolute atomic E-state index is 6.22. The normalized spacial score (nSPS) is 23.0. The molecule has 0 aromatic rings. The van der Waals surface area contributed by atoms with Crippen LogP contribution in [0.5, 0.6) is 0 Å². The van der Waals surface area contributed by atoms with Gasteiger partial charge in [0.1, 0.15) is 0 Å². The molecule has 0 spiro atoms. The average Bonchev–Trinajstić information content (AvgIpc) is 2.65. The summed E-state index contributed by atoms with van der Waals surface area (Å²) in [7, 11) is 0. The summed E-state index contributed by atoms with van der Waals surface area (Å²) >= 11 is 0. The standard InChI is InChI=1S/C26H46O/c1-3-7-11-15-19-25(20-16-12-8-4-1)23-27-24-26-21-17-13-9-5-2-6-10-14-18-22-26/h19,21H,1-18,20,22-24H2. The van der Waals surface area contributed by atoms with Gasteiger partial charge < -0.3 is 4.74 Å². The van der Waals surface area contributed by atoms with Crippen LogP contribution in [0.2, 0.25) is 0 Å². The Hall–Kier alpha value is -0.560. The molecule has 0 atom stereocenters. The van der Waals surface area contributed by atoms with Gasteiger partial charge in [-0.05, 0) is 62.5 Å². The maximum atomic E-state index is 6.22. The molecule has 0 bridgehead atoms. The van der Waals surface area contributed by atoms with Gasteiger partial charge in [-0.15, -0.1) is 0 Å². The predicted molar refractivity (Wildman–Crippen MR) is 119 cm³/mol. The van der Waals surface area contributed by atoms with Crippen molar-refractivity contribution >= 4 is 0 Å². The van der Waals surface area contributed by atoms with Gasteiger partial charge in [-0.25, -0.2) is 0 Å². The minimum absolute atomic E-state index is 0.872. The third kappa shape index (κ3) is 12.5. The summed E-state index contributed by atoms with van der Waals surface area (Å²) in [6.07, 6.45) is 32.7. The fourth-order valence-electron chi connectivity index (χ4n) is 4.51. The molecule has 0 unspecified atom stereocenters. The molecule has 0 heterocycles. The first-order valence-electron chi connectivity index (χ1n) is 12.4. The molecule has 0 aliphatic heterocycles. The Bertz CT molecular complexity index is 368. The molecule has 2 aliphatic carbocycles. The second kappa shape index (κ2) is 16.4. The summed E-state index contributed by atoms with van der Waals surface area (Å²) in [6.45, 7) is 1.74. The van der Waals surface area contributed by atoms with Crippen molar-refractivity contribution in [3.05, 3.63) is 23.3 Å². The van der Waals surface area contributed by atoms with Crippen LogP contribution in [0, 0.1) is 0 Å². The molecule has 0 fully saturated rings.